The molecule has 0 saturated carbocycles. The van der Waals surface area contributed by atoms with E-state index in [2.05, 4.69) is 43.9 Å². The summed E-state index contributed by atoms with van der Waals surface area (Å²) in [5, 5.41) is 11.5. The van der Waals surface area contributed by atoms with E-state index < -0.39 is 65.7 Å². The van der Waals surface area contributed by atoms with Crippen LogP contribution in [0, 0.1) is 10.5 Å². The zero-order valence-corrected chi connectivity index (χ0v) is 36.6. The molecule has 0 bridgehead atoms. The number of halogens is 1. The average Bonchev–Trinajstić information content (AvgIpc) is 3.78. The number of carbonyl (C=O) groups is 6. The van der Waals surface area contributed by atoms with Crippen LogP contribution in [0.15, 0.2) is 140 Å². The zero-order valence-electron chi connectivity index (χ0n) is 34.5. The van der Waals surface area contributed by atoms with Crippen LogP contribution in [0.3, 0.4) is 0 Å². The Kier molecular flexibility index (Phi) is 16.0. The number of carbonyl (C=O) groups excluding carboxylic acids is 6. The van der Waals surface area contributed by atoms with Crippen molar-refractivity contribution in [2.45, 2.75) is 75.7 Å². The van der Waals surface area contributed by atoms with Crippen molar-refractivity contribution in [3.05, 3.63) is 176 Å². The minimum atomic E-state index is -1.16. The molecule has 0 spiro atoms. The van der Waals surface area contributed by atoms with Crippen molar-refractivity contribution in [3.63, 3.8) is 0 Å². The molecule has 320 valence electrons. The fourth-order valence-electron chi connectivity index (χ4n) is 7.62. The maximum absolute atomic E-state index is 14.5. The Morgan fingerprint density at radius 2 is 1.02 bits per heavy atom. The molecule has 62 heavy (non-hydrogen) atoms. The summed E-state index contributed by atoms with van der Waals surface area (Å²) in [7, 11) is 0. The molecule has 5 aromatic carbocycles. The summed E-state index contributed by atoms with van der Waals surface area (Å²) in [6.07, 6.45) is 1.39. The highest BCUT2D eigenvalue weighted by Crippen LogP contribution is 2.22. The molecule has 1 aliphatic rings. The number of nitrogens with one attached hydrogen (secondary N) is 4. The fraction of sp³-hybridized carbons (Fsp3) is 0.265. The highest BCUT2D eigenvalue weighted by Gasteiger charge is 2.40. The summed E-state index contributed by atoms with van der Waals surface area (Å²) in [6, 6.07) is 36.9. The summed E-state index contributed by atoms with van der Waals surface area (Å²) < 4.78 is 0.776. The predicted octanol–water partition coefficient (Wildman–Crippen LogP) is 4.60. The average molecular weight is 947 g/mol. The molecule has 0 unspecified atom stereocenters. The molecule has 1 aliphatic heterocycles. The van der Waals surface area contributed by atoms with Crippen molar-refractivity contribution in [3.8, 4) is 0 Å². The van der Waals surface area contributed by atoms with E-state index in [1.807, 2.05) is 134 Å². The highest BCUT2D eigenvalue weighted by molar-refractivity contribution is 14.1. The minimum Gasteiger partial charge on any atom is -0.368 e. The molecule has 1 heterocycles. The van der Waals surface area contributed by atoms with Crippen LogP contribution in [-0.2, 0) is 49.7 Å². The van der Waals surface area contributed by atoms with Crippen molar-refractivity contribution in [1.82, 2.24) is 26.2 Å². The highest BCUT2D eigenvalue weighted by atomic mass is 127. The van der Waals surface area contributed by atoms with Crippen molar-refractivity contribution < 1.29 is 28.8 Å². The third-order valence-corrected chi connectivity index (χ3v) is 12.4. The van der Waals surface area contributed by atoms with Crippen LogP contribution in [0.25, 0.3) is 0 Å². The molecule has 5 atom stereocenters. The molecule has 0 aromatic heterocycles. The number of primary amides is 1. The summed E-state index contributed by atoms with van der Waals surface area (Å²) in [5.74, 6) is -3.33. The Bertz CT molecular complexity index is 2330. The summed E-state index contributed by atoms with van der Waals surface area (Å²) >= 11 is 2.13. The van der Waals surface area contributed by atoms with Crippen LogP contribution >= 0.6 is 22.6 Å². The van der Waals surface area contributed by atoms with Gasteiger partial charge < -0.3 is 31.9 Å². The minimum absolute atomic E-state index is 0.0818. The topological polar surface area (TPSA) is 180 Å². The number of likely N-dealkylation sites (tertiary alicyclic amines) is 1. The van der Waals surface area contributed by atoms with Crippen molar-refractivity contribution >= 4 is 58.0 Å². The Balaban J connectivity index is 1.23. The van der Waals surface area contributed by atoms with E-state index in [0.717, 1.165) is 31.4 Å². The number of hydrogen-bond donors (Lipinski definition) is 5. The molecular formula is C49H51IN6O6. The number of nitrogens with zero attached hydrogens (tertiary/aromatic N) is 1. The molecule has 0 radical (unpaired) electrons. The molecule has 13 heteroatoms. The lowest BCUT2D eigenvalue weighted by molar-refractivity contribution is -0.141. The van der Waals surface area contributed by atoms with Crippen molar-refractivity contribution in [2.75, 3.05) is 6.54 Å². The second-order valence-electron chi connectivity index (χ2n) is 15.5. The largest absolute Gasteiger partial charge is 0.368 e. The van der Waals surface area contributed by atoms with Crippen LogP contribution < -0.4 is 27.0 Å². The van der Waals surface area contributed by atoms with Crippen LogP contribution in [-0.4, -0.2) is 77.1 Å². The number of rotatable bonds is 18. The first-order valence-corrected chi connectivity index (χ1v) is 21.8. The van der Waals surface area contributed by atoms with E-state index in [-0.39, 0.29) is 32.2 Å². The van der Waals surface area contributed by atoms with E-state index >= 15 is 0 Å². The van der Waals surface area contributed by atoms with E-state index in [1.165, 1.54) is 4.90 Å². The van der Waals surface area contributed by atoms with Crippen molar-refractivity contribution in [1.29, 1.82) is 0 Å². The normalized spacial score (nSPS) is 15.3. The summed E-state index contributed by atoms with van der Waals surface area (Å²) in [6.45, 7) is 2.19. The van der Waals surface area contributed by atoms with Gasteiger partial charge in [-0.25, -0.2) is 0 Å². The number of hydrogen-bond acceptors (Lipinski definition) is 6. The van der Waals surface area contributed by atoms with Gasteiger partial charge in [0.15, 0.2) is 0 Å². The van der Waals surface area contributed by atoms with Gasteiger partial charge >= 0.3 is 0 Å². The maximum Gasteiger partial charge on any atom is 0.253 e. The fourth-order valence-corrected chi connectivity index (χ4v) is 8.22. The second kappa shape index (κ2) is 22.0. The van der Waals surface area contributed by atoms with E-state index in [9.17, 15) is 28.8 Å². The van der Waals surface area contributed by atoms with Gasteiger partial charge in [0.25, 0.3) is 5.91 Å². The Morgan fingerprint density at radius 3 is 1.50 bits per heavy atom. The number of aryl methyl sites for hydroxylation is 1. The molecule has 1 saturated heterocycles. The van der Waals surface area contributed by atoms with E-state index in [1.54, 1.807) is 12.1 Å². The van der Waals surface area contributed by atoms with Gasteiger partial charge in [-0.2, -0.15) is 0 Å². The van der Waals surface area contributed by atoms with E-state index in [4.69, 9.17) is 5.73 Å². The molecule has 1 fully saturated rings. The lowest BCUT2D eigenvalue weighted by Crippen LogP contribution is -2.59. The maximum atomic E-state index is 14.5. The van der Waals surface area contributed by atoms with Gasteiger partial charge in [-0.3, -0.25) is 28.8 Å². The standard InChI is InChI=1S/C49H51IN6O6/c1-32-16-14-25-37(43(32)50)45(58)55-41(31-36-23-12-5-13-24-36)49(62)56-27-15-26-42(56)48(61)54-40(30-35-21-10-4-11-22-35)47(60)53-39(29-34-19-8-3-9-20-34)46(59)52-38(44(51)57)28-33-17-6-2-7-18-33/h2-14,16-25,38-42H,15,26-31H2,1H3,(H2,51,57)(H,52,59)(H,53,60)(H,54,61)(H,55,58)/t38-,39-,40+,41-,42-/m0/s1. The Labute approximate surface area is 375 Å². The number of nitrogens with two attached hydrogens (primary N) is 1. The van der Waals surface area contributed by atoms with Gasteiger partial charge in [-0.1, -0.05) is 133 Å². The first-order chi connectivity index (χ1) is 30.0. The Morgan fingerprint density at radius 1 is 0.581 bits per heavy atom. The Hall–Kier alpha value is -6.35. The van der Waals surface area contributed by atoms with E-state index in [0.29, 0.717) is 18.4 Å². The first kappa shape index (κ1) is 45.2. The number of benzene rings is 5. The summed E-state index contributed by atoms with van der Waals surface area (Å²) in [4.78, 5) is 85.1. The van der Waals surface area contributed by atoms with Crippen LogP contribution in [0.1, 0.15) is 51.0 Å². The SMILES string of the molecule is Cc1cccc(C(=O)N[C@@H](Cc2ccccc2)C(=O)N2CCC[C@H]2C(=O)N[C@H](Cc2ccccc2)C(=O)N[C@@H](Cc2ccccc2)C(=O)N[C@@H](Cc2ccccc2)C(N)=O)c1I. The lowest BCUT2D eigenvalue weighted by atomic mass is 10.0. The van der Waals surface area contributed by atoms with Crippen LogP contribution in [0.4, 0.5) is 0 Å². The monoisotopic (exact) mass is 946 g/mol. The number of amides is 6. The third kappa shape index (κ3) is 12.4. The predicted molar refractivity (Wildman–Crippen MR) is 245 cm³/mol. The van der Waals surface area contributed by atoms with Gasteiger partial charge in [0.05, 0.1) is 5.56 Å². The molecule has 6 rings (SSSR count). The van der Waals surface area contributed by atoms with Gasteiger partial charge in [0.1, 0.15) is 30.2 Å². The molecule has 6 N–H and O–H groups in total. The van der Waals surface area contributed by atoms with Crippen LogP contribution in [0.5, 0.6) is 0 Å². The molecule has 5 aromatic rings. The second-order valence-corrected chi connectivity index (χ2v) is 16.6. The zero-order chi connectivity index (χ0) is 44.0. The third-order valence-electron chi connectivity index (χ3n) is 10.9. The van der Waals surface area contributed by atoms with Gasteiger partial charge in [0, 0.05) is 35.8 Å². The first-order valence-electron chi connectivity index (χ1n) is 20.7. The van der Waals surface area contributed by atoms with Crippen LogP contribution in [0.2, 0.25) is 0 Å². The van der Waals surface area contributed by atoms with Gasteiger partial charge in [-0.05, 0) is 76.2 Å². The molecule has 12 nitrogen and oxygen atoms in total. The van der Waals surface area contributed by atoms with Gasteiger partial charge in [0.2, 0.25) is 29.5 Å². The lowest BCUT2D eigenvalue weighted by Gasteiger charge is -2.30. The quantitative estimate of drug-likeness (QED) is 0.0802. The molecular weight excluding hydrogens is 895 g/mol. The smallest absolute Gasteiger partial charge is 0.253 e. The molecule has 6 amide bonds. The van der Waals surface area contributed by atoms with Gasteiger partial charge in [-0.15, -0.1) is 0 Å². The summed E-state index contributed by atoms with van der Waals surface area (Å²) in [5.41, 5.74) is 10.3. The van der Waals surface area contributed by atoms with Crippen molar-refractivity contribution in [2.24, 2.45) is 5.73 Å². The molecule has 0 aliphatic carbocycles.